The minimum atomic E-state index is -3.47. The molecule has 1 aliphatic rings. The number of benzene rings is 1. The molecule has 0 N–H and O–H groups in total. The molecule has 0 aromatic heterocycles. The molecule has 3 nitrogen and oxygen atoms in total. The van der Waals surface area contributed by atoms with E-state index in [1.165, 1.54) is 6.21 Å². The normalized spacial score (nSPS) is 17.8. The zero-order chi connectivity index (χ0) is 9.31. The van der Waals surface area contributed by atoms with E-state index in [1.54, 1.807) is 36.4 Å². The first-order chi connectivity index (χ1) is 6.20. The predicted octanol–water partition coefficient (Wildman–Crippen LogP) is 1.47. The van der Waals surface area contributed by atoms with Gasteiger partial charge in [-0.15, -0.1) is 0 Å². The highest BCUT2D eigenvalue weighted by Gasteiger charge is 2.15. The fourth-order valence-electron chi connectivity index (χ4n) is 1.17. The summed E-state index contributed by atoms with van der Waals surface area (Å²) >= 11 is 0. The fraction of sp³-hybridized carbons (Fsp3) is 0. The van der Waals surface area contributed by atoms with Gasteiger partial charge in [-0.3, -0.25) is 0 Å². The molecular formula is C9H7NO2S. The molecule has 13 heavy (non-hydrogen) atoms. The standard InChI is InChI=1S/C9H7NO2S/c11-13(12)9-6-2-1-4-8(9)5-3-7-10-13/h1-7H. The lowest BCUT2D eigenvalue weighted by Gasteiger charge is -2.00. The maximum atomic E-state index is 11.5. The number of sulfonamides is 1. The summed E-state index contributed by atoms with van der Waals surface area (Å²) in [6, 6.07) is 6.78. The fourth-order valence-corrected chi connectivity index (χ4v) is 2.20. The van der Waals surface area contributed by atoms with Crippen LogP contribution in [0.4, 0.5) is 0 Å². The Labute approximate surface area is 76.5 Å². The van der Waals surface area contributed by atoms with E-state index in [0.29, 0.717) is 5.56 Å². The number of hydrogen-bond acceptors (Lipinski definition) is 2. The Balaban J connectivity index is 2.79. The van der Waals surface area contributed by atoms with Crippen LogP contribution in [0.15, 0.2) is 39.6 Å². The van der Waals surface area contributed by atoms with Crippen LogP contribution in [0.5, 0.6) is 0 Å². The first kappa shape index (κ1) is 8.19. The van der Waals surface area contributed by atoms with Gasteiger partial charge >= 0.3 is 0 Å². The summed E-state index contributed by atoms with van der Waals surface area (Å²) in [6.07, 6.45) is 4.63. The number of nitrogens with zero attached hydrogens (tertiary/aromatic N) is 1. The molecule has 0 bridgehead atoms. The average molecular weight is 193 g/mol. The van der Waals surface area contributed by atoms with Crippen molar-refractivity contribution in [1.29, 1.82) is 0 Å². The van der Waals surface area contributed by atoms with Crippen molar-refractivity contribution in [3.8, 4) is 0 Å². The Bertz CT molecular complexity index is 486. The van der Waals surface area contributed by atoms with E-state index in [0.717, 1.165) is 0 Å². The molecule has 0 spiro atoms. The first-order valence-electron chi connectivity index (χ1n) is 3.76. The van der Waals surface area contributed by atoms with Crippen LogP contribution in [0, 0.1) is 0 Å². The molecular weight excluding hydrogens is 186 g/mol. The van der Waals surface area contributed by atoms with Crippen molar-refractivity contribution in [3.05, 3.63) is 35.9 Å². The van der Waals surface area contributed by atoms with E-state index < -0.39 is 10.0 Å². The Morgan fingerprint density at radius 1 is 1.15 bits per heavy atom. The van der Waals surface area contributed by atoms with Crippen LogP contribution in [0.25, 0.3) is 6.08 Å². The summed E-state index contributed by atoms with van der Waals surface area (Å²) in [5, 5.41) is 0. The minimum Gasteiger partial charge on any atom is -0.199 e. The number of hydrogen-bond donors (Lipinski definition) is 0. The third-order valence-corrected chi connectivity index (χ3v) is 3.09. The lowest BCUT2D eigenvalue weighted by atomic mass is 10.2. The average Bonchev–Trinajstić information content (AvgIpc) is 2.26. The van der Waals surface area contributed by atoms with Crippen molar-refractivity contribution >= 4 is 22.3 Å². The van der Waals surface area contributed by atoms with Gasteiger partial charge in [0.1, 0.15) is 0 Å². The number of allylic oxidation sites excluding steroid dienone is 1. The minimum absolute atomic E-state index is 0.264. The highest BCUT2D eigenvalue weighted by molar-refractivity contribution is 7.90. The molecule has 1 heterocycles. The quantitative estimate of drug-likeness (QED) is 0.626. The van der Waals surface area contributed by atoms with Gasteiger partial charge in [-0.05, 0) is 17.7 Å². The molecule has 66 valence electrons. The molecule has 0 saturated heterocycles. The van der Waals surface area contributed by atoms with E-state index in [4.69, 9.17) is 0 Å². The van der Waals surface area contributed by atoms with Gasteiger partial charge in [-0.1, -0.05) is 24.3 Å². The molecule has 0 saturated carbocycles. The highest BCUT2D eigenvalue weighted by atomic mass is 32.2. The highest BCUT2D eigenvalue weighted by Crippen LogP contribution is 2.20. The van der Waals surface area contributed by atoms with Crippen LogP contribution < -0.4 is 0 Å². The molecule has 4 heteroatoms. The lowest BCUT2D eigenvalue weighted by Crippen LogP contribution is -1.97. The molecule has 0 unspecified atom stereocenters. The van der Waals surface area contributed by atoms with E-state index in [-0.39, 0.29) is 4.90 Å². The smallest absolute Gasteiger partial charge is 0.199 e. The van der Waals surface area contributed by atoms with Crippen molar-refractivity contribution in [3.63, 3.8) is 0 Å². The molecule has 1 aliphatic heterocycles. The van der Waals surface area contributed by atoms with Crippen molar-refractivity contribution in [2.45, 2.75) is 4.90 Å². The zero-order valence-corrected chi connectivity index (χ0v) is 7.53. The van der Waals surface area contributed by atoms with Gasteiger partial charge < -0.3 is 0 Å². The van der Waals surface area contributed by atoms with Gasteiger partial charge in [0.05, 0.1) is 4.90 Å². The molecule has 0 amide bonds. The zero-order valence-electron chi connectivity index (χ0n) is 6.71. The Kier molecular flexibility index (Phi) is 1.77. The topological polar surface area (TPSA) is 46.5 Å². The van der Waals surface area contributed by atoms with Gasteiger partial charge in [0.25, 0.3) is 10.0 Å². The summed E-state index contributed by atoms with van der Waals surface area (Å²) in [7, 11) is -3.47. The van der Waals surface area contributed by atoms with Crippen LogP contribution in [0.3, 0.4) is 0 Å². The maximum Gasteiger partial charge on any atom is 0.282 e. The van der Waals surface area contributed by atoms with Gasteiger partial charge in [0.15, 0.2) is 0 Å². The van der Waals surface area contributed by atoms with Crippen LogP contribution in [-0.2, 0) is 10.0 Å². The van der Waals surface area contributed by atoms with Gasteiger partial charge in [-0.2, -0.15) is 12.8 Å². The van der Waals surface area contributed by atoms with Crippen molar-refractivity contribution in [2.75, 3.05) is 0 Å². The SMILES string of the molecule is O=S1(=O)N=CC=Cc2ccccc21. The van der Waals surface area contributed by atoms with E-state index in [9.17, 15) is 8.42 Å². The third-order valence-electron chi connectivity index (χ3n) is 1.76. The summed E-state index contributed by atoms with van der Waals surface area (Å²) < 4.78 is 26.4. The largest absolute Gasteiger partial charge is 0.282 e. The van der Waals surface area contributed by atoms with E-state index >= 15 is 0 Å². The second-order valence-corrected chi connectivity index (χ2v) is 4.23. The van der Waals surface area contributed by atoms with Gasteiger partial charge in [-0.25, -0.2) is 0 Å². The molecule has 0 aliphatic carbocycles. The number of rotatable bonds is 0. The van der Waals surface area contributed by atoms with Crippen molar-refractivity contribution in [1.82, 2.24) is 0 Å². The van der Waals surface area contributed by atoms with Gasteiger partial charge in [0.2, 0.25) is 0 Å². The molecule has 1 aromatic carbocycles. The van der Waals surface area contributed by atoms with E-state index in [1.807, 2.05) is 0 Å². The summed E-state index contributed by atoms with van der Waals surface area (Å²) in [5.74, 6) is 0. The van der Waals surface area contributed by atoms with Crippen LogP contribution >= 0.6 is 0 Å². The second kappa shape index (κ2) is 2.81. The second-order valence-electron chi connectivity index (χ2n) is 2.63. The summed E-state index contributed by atoms with van der Waals surface area (Å²) in [6.45, 7) is 0. The predicted molar refractivity (Wildman–Crippen MR) is 51.2 cm³/mol. The number of fused-ring (bicyclic) bond motifs is 1. The Morgan fingerprint density at radius 2 is 1.92 bits per heavy atom. The van der Waals surface area contributed by atoms with Crippen molar-refractivity contribution < 1.29 is 8.42 Å². The van der Waals surface area contributed by atoms with Crippen molar-refractivity contribution in [2.24, 2.45) is 4.40 Å². The van der Waals surface area contributed by atoms with E-state index in [2.05, 4.69) is 4.40 Å². The van der Waals surface area contributed by atoms with Crippen LogP contribution in [0.1, 0.15) is 5.56 Å². The van der Waals surface area contributed by atoms with Gasteiger partial charge in [0, 0.05) is 6.21 Å². The lowest BCUT2D eigenvalue weighted by molar-refractivity contribution is 0.598. The summed E-state index contributed by atoms with van der Waals surface area (Å²) in [5.41, 5.74) is 0.681. The summed E-state index contributed by atoms with van der Waals surface area (Å²) in [4.78, 5) is 0.264. The van der Waals surface area contributed by atoms with Crippen LogP contribution in [0.2, 0.25) is 0 Å². The molecule has 0 fully saturated rings. The molecule has 0 atom stereocenters. The molecule has 2 rings (SSSR count). The molecule has 0 radical (unpaired) electrons. The monoisotopic (exact) mass is 193 g/mol. The Morgan fingerprint density at radius 3 is 2.77 bits per heavy atom. The maximum absolute atomic E-state index is 11.5. The molecule has 1 aromatic rings. The Hall–Kier alpha value is -1.42. The first-order valence-corrected chi connectivity index (χ1v) is 5.20. The third kappa shape index (κ3) is 1.40. The van der Waals surface area contributed by atoms with Crippen LogP contribution in [-0.4, -0.2) is 14.6 Å².